The molecule has 3 aromatic carbocycles. The Bertz CT molecular complexity index is 1510. The van der Waals surface area contributed by atoms with Gasteiger partial charge in [0.25, 0.3) is 0 Å². The minimum Gasteiger partial charge on any atom is -0.495 e. The molecule has 0 spiro atoms. The summed E-state index contributed by atoms with van der Waals surface area (Å²) in [5.74, 6) is -0.473. The first-order valence-corrected chi connectivity index (χ1v) is 16.9. The third kappa shape index (κ3) is 8.87. The van der Waals surface area contributed by atoms with E-state index in [1.54, 1.807) is 24.3 Å². The van der Waals surface area contributed by atoms with E-state index in [4.69, 9.17) is 27.9 Å². The maximum Gasteiger partial charge on any atom is 0.244 e. The lowest BCUT2D eigenvalue weighted by molar-refractivity contribution is -0.140. The maximum absolute atomic E-state index is 14.3. The normalized spacial score (nSPS) is 14.5. The van der Waals surface area contributed by atoms with Gasteiger partial charge < -0.3 is 15.0 Å². The van der Waals surface area contributed by atoms with Crippen molar-refractivity contribution < 1.29 is 22.7 Å². The topological polar surface area (TPSA) is 96.0 Å². The van der Waals surface area contributed by atoms with Crippen LogP contribution in [0.4, 0.5) is 5.69 Å². The predicted molar refractivity (Wildman–Crippen MR) is 171 cm³/mol. The third-order valence-corrected chi connectivity index (χ3v) is 9.43. The quantitative estimate of drug-likeness (QED) is 0.266. The van der Waals surface area contributed by atoms with E-state index in [0.717, 1.165) is 48.2 Å². The van der Waals surface area contributed by atoms with Crippen LogP contribution in [-0.2, 0) is 32.6 Å². The zero-order valence-corrected chi connectivity index (χ0v) is 26.7. The number of amides is 2. The van der Waals surface area contributed by atoms with Gasteiger partial charge in [0.15, 0.2) is 0 Å². The van der Waals surface area contributed by atoms with Gasteiger partial charge in [-0.15, -0.1) is 0 Å². The summed E-state index contributed by atoms with van der Waals surface area (Å²) >= 11 is 12.8. The zero-order chi connectivity index (χ0) is 31.0. The van der Waals surface area contributed by atoms with Crippen LogP contribution in [0.15, 0.2) is 72.8 Å². The number of carbonyl (C=O) groups is 2. The molecule has 1 atom stereocenters. The van der Waals surface area contributed by atoms with Gasteiger partial charge >= 0.3 is 0 Å². The minimum absolute atomic E-state index is 0.00899. The fraction of sp³-hybridized carbons (Fsp3) is 0.375. The van der Waals surface area contributed by atoms with Crippen molar-refractivity contribution in [3.63, 3.8) is 0 Å². The van der Waals surface area contributed by atoms with E-state index in [1.807, 2.05) is 30.3 Å². The van der Waals surface area contributed by atoms with Gasteiger partial charge in [-0.1, -0.05) is 91.0 Å². The zero-order valence-electron chi connectivity index (χ0n) is 24.3. The van der Waals surface area contributed by atoms with E-state index < -0.39 is 28.5 Å². The van der Waals surface area contributed by atoms with Gasteiger partial charge in [0, 0.05) is 24.0 Å². The second-order valence-electron chi connectivity index (χ2n) is 10.8. The highest BCUT2D eigenvalue weighted by molar-refractivity contribution is 7.92. The molecule has 3 aromatic rings. The van der Waals surface area contributed by atoms with Gasteiger partial charge in [0.2, 0.25) is 21.8 Å². The maximum atomic E-state index is 14.3. The molecule has 0 bridgehead atoms. The summed E-state index contributed by atoms with van der Waals surface area (Å²) in [7, 11) is -2.48. The van der Waals surface area contributed by atoms with Crippen molar-refractivity contribution in [3.8, 4) is 5.75 Å². The van der Waals surface area contributed by atoms with E-state index in [1.165, 1.54) is 30.2 Å². The van der Waals surface area contributed by atoms with Crippen LogP contribution >= 0.6 is 23.2 Å². The summed E-state index contributed by atoms with van der Waals surface area (Å²) in [5.41, 5.74) is 1.70. The molecule has 1 saturated carbocycles. The second-order valence-corrected chi connectivity index (χ2v) is 13.5. The first-order valence-electron chi connectivity index (χ1n) is 14.2. The largest absolute Gasteiger partial charge is 0.495 e. The van der Waals surface area contributed by atoms with Crippen molar-refractivity contribution >= 4 is 50.7 Å². The Morgan fingerprint density at radius 2 is 1.63 bits per heavy atom. The lowest BCUT2D eigenvalue weighted by Crippen LogP contribution is -2.55. The molecule has 1 N–H and O–H groups in total. The molecule has 0 saturated heterocycles. The number of nitrogens with zero attached hydrogens (tertiary/aromatic N) is 2. The molecule has 0 aliphatic heterocycles. The van der Waals surface area contributed by atoms with Gasteiger partial charge in [0.05, 0.1) is 24.1 Å². The second kappa shape index (κ2) is 14.9. The Morgan fingerprint density at radius 1 is 0.953 bits per heavy atom. The molecule has 0 radical (unpaired) electrons. The van der Waals surface area contributed by atoms with Gasteiger partial charge in [-0.05, 0) is 48.2 Å². The fourth-order valence-corrected chi connectivity index (χ4v) is 6.62. The third-order valence-electron chi connectivity index (χ3n) is 7.62. The first-order chi connectivity index (χ1) is 20.6. The molecule has 1 aliphatic carbocycles. The first kappa shape index (κ1) is 32.6. The van der Waals surface area contributed by atoms with Crippen LogP contribution in [0, 0.1) is 0 Å². The Balaban J connectivity index is 1.74. The van der Waals surface area contributed by atoms with Crippen LogP contribution in [0.3, 0.4) is 0 Å². The number of halogens is 2. The molecule has 1 aliphatic rings. The summed E-state index contributed by atoms with van der Waals surface area (Å²) in [4.78, 5) is 29.7. The smallest absolute Gasteiger partial charge is 0.244 e. The monoisotopic (exact) mass is 645 g/mol. The van der Waals surface area contributed by atoms with E-state index in [-0.39, 0.29) is 35.6 Å². The fourth-order valence-electron chi connectivity index (χ4n) is 5.33. The molecule has 0 aromatic heterocycles. The van der Waals surface area contributed by atoms with Gasteiger partial charge in [0.1, 0.15) is 18.3 Å². The van der Waals surface area contributed by atoms with E-state index in [2.05, 4.69) is 5.32 Å². The Kier molecular flexibility index (Phi) is 11.3. The van der Waals surface area contributed by atoms with Gasteiger partial charge in [-0.2, -0.15) is 0 Å². The van der Waals surface area contributed by atoms with Crippen molar-refractivity contribution in [2.24, 2.45) is 0 Å². The lowest BCUT2D eigenvalue weighted by atomic mass is 9.94. The highest BCUT2D eigenvalue weighted by atomic mass is 35.5. The number of rotatable bonds is 12. The van der Waals surface area contributed by atoms with Crippen LogP contribution < -0.4 is 14.4 Å². The molecule has 43 heavy (non-hydrogen) atoms. The number of methoxy groups -OCH3 is 1. The SMILES string of the molecule is COc1ccc(N(CC(=O)N(Cc2ccccc2Cl)[C@H](Cc2ccccc2)C(=O)NC2CCCCC2)S(C)(=O)=O)cc1Cl. The highest BCUT2D eigenvalue weighted by Crippen LogP contribution is 2.31. The van der Waals surface area contributed by atoms with E-state index in [9.17, 15) is 18.0 Å². The van der Waals surface area contributed by atoms with Crippen LogP contribution in [0.1, 0.15) is 43.2 Å². The molecular weight excluding hydrogens is 609 g/mol. The standard InChI is InChI=1S/C32H37Cl2N3O5S/c1-42-30-18-17-26(20-28(30)34)37(43(2,40)41)22-31(38)36(21-24-13-9-10-16-27(24)33)29(19-23-11-5-3-6-12-23)32(39)35-25-14-7-4-8-15-25/h3,5-6,9-13,16-18,20,25,29H,4,7-8,14-15,19,21-22H2,1-2H3,(H,35,39)/t29-/m1/s1. The molecule has 0 unspecified atom stereocenters. The Labute approximate surface area is 264 Å². The van der Waals surface area contributed by atoms with Crippen LogP contribution in [0.5, 0.6) is 5.75 Å². The number of carbonyl (C=O) groups excluding carboxylic acids is 2. The molecule has 8 nitrogen and oxygen atoms in total. The Hall–Kier alpha value is -3.27. The molecule has 230 valence electrons. The number of hydrogen-bond donors (Lipinski definition) is 1. The van der Waals surface area contributed by atoms with Crippen molar-refractivity contribution in [1.29, 1.82) is 0 Å². The lowest BCUT2D eigenvalue weighted by Gasteiger charge is -2.35. The van der Waals surface area contributed by atoms with Crippen LogP contribution in [-0.4, -0.2) is 57.1 Å². The van der Waals surface area contributed by atoms with E-state index >= 15 is 0 Å². The number of benzene rings is 3. The van der Waals surface area contributed by atoms with Gasteiger partial charge in [-0.3, -0.25) is 13.9 Å². The molecule has 2 amide bonds. The molecule has 11 heteroatoms. The summed E-state index contributed by atoms with van der Waals surface area (Å²) in [6.45, 7) is -0.539. The molecule has 4 rings (SSSR count). The van der Waals surface area contributed by atoms with Crippen molar-refractivity contribution in [1.82, 2.24) is 10.2 Å². The van der Waals surface area contributed by atoms with Crippen molar-refractivity contribution in [2.45, 2.75) is 57.2 Å². The molecule has 0 heterocycles. The van der Waals surface area contributed by atoms with Crippen molar-refractivity contribution in [3.05, 3.63) is 94.0 Å². The summed E-state index contributed by atoms with van der Waals surface area (Å²) < 4.78 is 32.2. The van der Waals surface area contributed by atoms with Crippen molar-refractivity contribution in [2.75, 3.05) is 24.2 Å². The average molecular weight is 647 g/mol. The number of sulfonamides is 1. The van der Waals surface area contributed by atoms with E-state index in [0.29, 0.717) is 16.3 Å². The number of ether oxygens (including phenoxy) is 1. The molecular formula is C32H37Cl2N3O5S. The molecule has 1 fully saturated rings. The summed E-state index contributed by atoms with van der Waals surface area (Å²) in [6, 6.07) is 20.1. The Morgan fingerprint density at radius 3 is 2.26 bits per heavy atom. The van der Waals surface area contributed by atoms with Crippen LogP contribution in [0.25, 0.3) is 0 Å². The van der Waals surface area contributed by atoms with Gasteiger partial charge in [-0.25, -0.2) is 8.42 Å². The number of hydrogen-bond acceptors (Lipinski definition) is 5. The summed E-state index contributed by atoms with van der Waals surface area (Å²) in [6.07, 6.45) is 6.21. The number of nitrogens with one attached hydrogen (secondary N) is 1. The van der Waals surface area contributed by atoms with Crippen LogP contribution in [0.2, 0.25) is 10.0 Å². The predicted octanol–water partition coefficient (Wildman–Crippen LogP) is 5.86. The highest BCUT2D eigenvalue weighted by Gasteiger charge is 2.34. The summed E-state index contributed by atoms with van der Waals surface area (Å²) in [5, 5.41) is 3.82. The minimum atomic E-state index is -3.93. The average Bonchev–Trinajstić information content (AvgIpc) is 2.99. The number of anilines is 1.